The van der Waals surface area contributed by atoms with Gasteiger partial charge in [0.25, 0.3) is 0 Å². The normalized spacial score (nSPS) is 28.2. The summed E-state index contributed by atoms with van der Waals surface area (Å²) in [5.74, 6) is 1.01. The lowest BCUT2D eigenvalue weighted by Crippen LogP contribution is -2.55. The van der Waals surface area contributed by atoms with Gasteiger partial charge in [-0.1, -0.05) is 35.9 Å². The van der Waals surface area contributed by atoms with Crippen molar-refractivity contribution in [2.24, 2.45) is 11.3 Å². The maximum atomic E-state index is 13.2. The van der Waals surface area contributed by atoms with Gasteiger partial charge in [0.15, 0.2) is 0 Å². The fourth-order valence-electron chi connectivity index (χ4n) is 5.18. The molecule has 0 amide bonds. The van der Waals surface area contributed by atoms with Crippen LogP contribution in [0.15, 0.2) is 42.5 Å². The van der Waals surface area contributed by atoms with Crippen LogP contribution in [0.25, 0.3) is 0 Å². The number of hydrogen-bond donors (Lipinski definition) is 4. The van der Waals surface area contributed by atoms with Crippen LogP contribution in [0.1, 0.15) is 48.5 Å². The molecule has 1 saturated heterocycles. The Balaban J connectivity index is 1.36. The monoisotopic (exact) mass is 540 g/mol. The first-order valence-corrected chi connectivity index (χ1v) is 13.1. The summed E-state index contributed by atoms with van der Waals surface area (Å²) >= 11 is 6.43. The molecule has 9 heteroatoms. The summed E-state index contributed by atoms with van der Waals surface area (Å²) in [6.07, 6.45) is -3.03. The Bertz CT molecular complexity index is 1010. The van der Waals surface area contributed by atoms with E-state index in [0.717, 1.165) is 29.7 Å². The smallest absolute Gasteiger partial charge is 0.119 e. The average molecular weight is 541 g/mol. The molecule has 6 nitrogen and oxygen atoms in total. The van der Waals surface area contributed by atoms with E-state index in [1.165, 1.54) is 0 Å². The van der Waals surface area contributed by atoms with Crippen molar-refractivity contribution in [2.45, 2.75) is 62.6 Å². The average Bonchev–Trinajstić information content (AvgIpc) is 2.93. The second kappa shape index (κ2) is 12.4. The van der Waals surface area contributed by atoms with Crippen molar-refractivity contribution in [3.8, 4) is 5.75 Å². The molecule has 2 fully saturated rings. The lowest BCUT2D eigenvalue weighted by molar-refractivity contribution is -0.231. The summed E-state index contributed by atoms with van der Waals surface area (Å²) < 4.78 is 38.0. The van der Waals surface area contributed by atoms with E-state index in [4.69, 9.17) is 21.1 Å². The van der Waals surface area contributed by atoms with E-state index in [2.05, 4.69) is 0 Å². The largest absolute Gasteiger partial charge is 0.493 e. The molecule has 1 aliphatic carbocycles. The van der Waals surface area contributed by atoms with E-state index in [-0.39, 0.29) is 5.92 Å². The van der Waals surface area contributed by atoms with Crippen LogP contribution in [0.4, 0.5) is 8.78 Å². The van der Waals surface area contributed by atoms with Crippen molar-refractivity contribution in [3.05, 3.63) is 64.2 Å². The summed E-state index contributed by atoms with van der Waals surface area (Å²) in [5.41, 5.74) is 1.55. The van der Waals surface area contributed by atoms with Crippen LogP contribution in [0.5, 0.6) is 5.75 Å². The molecule has 1 saturated carbocycles. The first kappa shape index (κ1) is 28.2. The second-order valence-corrected chi connectivity index (χ2v) is 10.8. The van der Waals surface area contributed by atoms with Gasteiger partial charge >= 0.3 is 0 Å². The minimum atomic E-state index is -1.45. The minimum absolute atomic E-state index is 0.287. The van der Waals surface area contributed by atoms with Crippen molar-refractivity contribution in [1.82, 2.24) is 0 Å². The first-order valence-electron chi connectivity index (χ1n) is 12.7. The van der Waals surface area contributed by atoms with Gasteiger partial charge in [0, 0.05) is 10.4 Å². The van der Waals surface area contributed by atoms with Gasteiger partial charge in [0.05, 0.1) is 26.6 Å². The standard InChI is InChI=1S/C28H35ClF2O6/c29-22-6-3-19(27-26(35)25(34)24(33)23(13-32)37-27)12-20(22)11-17-1-4-21(5-2-17)36-14-18-7-9-28(15-30,16-31)10-8-18/h1-6,12,18,23-27,32-35H,7-11,13-16H2/t23-,24-,25+,26-,27?/m1/s1. The Kier molecular flexibility index (Phi) is 9.43. The molecule has 37 heavy (non-hydrogen) atoms. The molecule has 204 valence electrons. The topological polar surface area (TPSA) is 99.4 Å². The number of aliphatic hydroxyl groups excluding tert-OH is 4. The second-order valence-electron chi connectivity index (χ2n) is 10.4. The van der Waals surface area contributed by atoms with Gasteiger partial charge < -0.3 is 29.9 Å². The van der Waals surface area contributed by atoms with Gasteiger partial charge in [-0.05, 0) is 72.9 Å². The Labute approximate surface area is 220 Å². The highest BCUT2D eigenvalue weighted by Crippen LogP contribution is 2.40. The third-order valence-corrected chi connectivity index (χ3v) is 8.20. The molecule has 0 aromatic heterocycles. The minimum Gasteiger partial charge on any atom is -0.493 e. The van der Waals surface area contributed by atoms with Gasteiger partial charge in [-0.25, -0.2) is 0 Å². The van der Waals surface area contributed by atoms with E-state index in [1.807, 2.05) is 24.3 Å². The number of halogens is 3. The van der Waals surface area contributed by atoms with Crippen LogP contribution >= 0.6 is 11.6 Å². The highest BCUT2D eigenvalue weighted by atomic mass is 35.5. The van der Waals surface area contributed by atoms with E-state index >= 15 is 0 Å². The quantitative estimate of drug-likeness (QED) is 0.384. The lowest BCUT2D eigenvalue weighted by Gasteiger charge is -2.40. The lowest BCUT2D eigenvalue weighted by atomic mass is 9.72. The molecular weight excluding hydrogens is 506 g/mol. The molecular formula is C28H35ClF2O6. The van der Waals surface area contributed by atoms with Crippen molar-refractivity contribution >= 4 is 11.6 Å². The highest BCUT2D eigenvalue weighted by Gasteiger charge is 2.44. The number of alkyl halides is 2. The van der Waals surface area contributed by atoms with E-state index in [0.29, 0.717) is 36.5 Å². The Morgan fingerprint density at radius 1 is 0.946 bits per heavy atom. The molecule has 2 aromatic rings. The fraction of sp³-hybridized carbons (Fsp3) is 0.571. The molecule has 2 aliphatic rings. The Hall–Kier alpha value is -1.81. The fourth-order valence-corrected chi connectivity index (χ4v) is 5.37. The number of aliphatic hydroxyl groups is 4. The molecule has 0 radical (unpaired) electrons. The van der Waals surface area contributed by atoms with Crippen molar-refractivity contribution in [2.75, 3.05) is 26.6 Å². The van der Waals surface area contributed by atoms with E-state index in [9.17, 15) is 29.2 Å². The van der Waals surface area contributed by atoms with Gasteiger partial charge in [-0.2, -0.15) is 0 Å². The van der Waals surface area contributed by atoms with Crippen molar-refractivity contribution in [1.29, 1.82) is 0 Å². The van der Waals surface area contributed by atoms with E-state index in [1.54, 1.807) is 18.2 Å². The summed E-state index contributed by atoms with van der Waals surface area (Å²) in [6.45, 7) is -1.18. The zero-order chi connectivity index (χ0) is 26.6. The van der Waals surface area contributed by atoms with Gasteiger partial charge in [-0.15, -0.1) is 0 Å². The predicted octanol–water partition coefficient (Wildman–Crippen LogP) is 3.94. The van der Waals surface area contributed by atoms with Gasteiger partial charge in [0.2, 0.25) is 0 Å². The molecule has 2 aromatic carbocycles. The zero-order valence-corrected chi connectivity index (χ0v) is 21.4. The summed E-state index contributed by atoms with van der Waals surface area (Å²) in [4.78, 5) is 0. The Morgan fingerprint density at radius 2 is 1.62 bits per heavy atom. The first-order chi connectivity index (χ1) is 17.8. The maximum absolute atomic E-state index is 13.2. The molecule has 1 heterocycles. The van der Waals surface area contributed by atoms with E-state index < -0.39 is 55.9 Å². The maximum Gasteiger partial charge on any atom is 0.119 e. The molecule has 4 N–H and O–H groups in total. The van der Waals surface area contributed by atoms with Gasteiger partial charge in [0.1, 0.15) is 36.3 Å². The van der Waals surface area contributed by atoms with Crippen molar-refractivity contribution in [3.63, 3.8) is 0 Å². The molecule has 0 spiro atoms. The summed E-state index contributed by atoms with van der Waals surface area (Å²) in [7, 11) is 0. The van der Waals surface area contributed by atoms with Crippen LogP contribution in [0, 0.1) is 11.3 Å². The number of rotatable bonds is 9. The van der Waals surface area contributed by atoms with Crippen LogP contribution in [-0.4, -0.2) is 71.4 Å². The molecule has 5 atom stereocenters. The number of hydrogen-bond acceptors (Lipinski definition) is 6. The van der Waals surface area contributed by atoms with Crippen LogP contribution < -0.4 is 4.74 Å². The van der Waals surface area contributed by atoms with Gasteiger partial charge in [-0.3, -0.25) is 8.78 Å². The third-order valence-electron chi connectivity index (χ3n) is 7.83. The number of ether oxygens (including phenoxy) is 2. The summed E-state index contributed by atoms with van der Waals surface area (Å²) in [6, 6.07) is 12.8. The highest BCUT2D eigenvalue weighted by molar-refractivity contribution is 6.31. The third kappa shape index (κ3) is 6.44. The van der Waals surface area contributed by atoms with Crippen LogP contribution in [0.3, 0.4) is 0 Å². The SMILES string of the molecule is OC[C@H]1OC(c2ccc(Cl)c(Cc3ccc(OCC4CCC(CF)(CF)CC4)cc3)c2)[C@H](O)[C@@H](O)[C@@H]1O. The molecule has 1 unspecified atom stereocenters. The summed E-state index contributed by atoms with van der Waals surface area (Å²) in [5, 5.41) is 40.6. The molecule has 1 aliphatic heterocycles. The predicted molar refractivity (Wildman–Crippen MR) is 135 cm³/mol. The van der Waals surface area contributed by atoms with Crippen LogP contribution in [-0.2, 0) is 11.2 Å². The molecule has 4 rings (SSSR count). The molecule has 0 bridgehead atoms. The Morgan fingerprint density at radius 3 is 2.24 bits per heavy atom. The van der Waals surface area contributed by atoms with Crippen LogP contribution in [0.2, 0.25) is 5.02 Å². The number of benzene rings is 2. The zero-order valence-electron chi connectivity index (χ0n) is 20.6. The van der Waals surface area contributed by atoms with Crippen molar-refractivity contribution < 1.29 is 38.7 Å².